The van der Waals surface area contributed by atoms with E-state index in [0.29, 0.717) is 0 Å². The molecule has 0 aliphatic rings. The van der Waals surface area contributed by atoms with E-state index in [9.17, 15) is 0 Å². The molecule has 0 rings (SSSR count). The molecule has 8 heavy (non-hydrogen) atoms. The van der Waals surface area contributed by atoms with Crippen molar-refractivity contribution in [3.05, 3.63) is 22.1 Å². The predicted octanol–water partition coefficient (Wildman–Crippen LogP) is -4.37. The zero-order chi connectivity index (χ0) is 4.83. The van der Waals surface area contributed by atoms with Crippen LogP contribution in [-0.4, -0.2) is 0 Å². The number of allylic oxidation sites excluding steroid dienone is 3. The van der Waals surface area contributed by atoms with Gasteiger partial charge in [-0.15, -0.1) is 0 Å². The van der Waals surface area contributed by atoms with Crippen molar-refractivity contribution in [3.63, 3.8) is 0 Å². The summed E-state index contributed by atoms with van der Waals surface area (Å²) in [6, 6.07) is 0. The van der Waals surface area contributed by atoms with Gasteiger partial charge in [0, 0.05) is 0 Å². The molecule has 0 saturated heterocycles. The van der Waals surface area contributed by atoms with Gasteiger partial charge in [0.1, 0.15) is 0 Å². The van der Waals surface area contributed by atoms with Crippen LogP contribution in [0.15, 0.2) is 22.1 Å². The molecule has 0 atom stereocenters. The van der Waals surface area contributed by atoms with E-state index in [2.05, 4.69) is 9.91 Å². The molecule has 0 bridgehead atoms. The molecule has 0 N–H and O–H groups in total. The number of hydrogen-bond acceptors (Lipinski definition) is 0. The Bertz CT molecular complexity index is 58.8. The molecular weight excluding hydrogens is 309 g/mol. The van der Waals surface area contributed by atoms with Crippen LogP contribution in [0.1, 0.15) is 6.92 Å². The Morgan fingerprint density at radius 2 is 1.62 bits per heavy atom. The molecule has 0 spiro atoms. The quantitative estimate of drug-likeness (QED) is 0.339. The van der Waals surface area contributed by atoms with E-state index in [1.165, 1.54) is 24.4 Å². The predicted molar refractivity (Wildman–Crippen MR) is 24.0 cm³/mol. The Labute approximate surface area is 77.8 Å². The fourth-order valence-electron chi connectivity index (χ4n) is 0.167. The summed E-state index contributed by atoms with van der Waals surface area (Å²) in [7, 11) is 0. The van der Waals surface area contributed by atoms with Gasteiger partial charge in [0.2, 0.25) is 0 Å². The summed E-state index contributed by atoms with van der Waals surface area (Å²) < 4.78 is 2.14. The monoisotopic (exact) mass is 317 g/mol. The zero-order valence-corrected chi connectivity index (χ0v) is 9.67. The molecule has 0 aromatic carbocycles. The van der Waals surface area contributed by atoms with Crippen molar-refractivity contribution in [2.45, 2.75) is 6.92 Å². The molecule has 0 aromatic heterocycles. The number of hydrogen-bond donors (Lipinski definition) is 0. The molecule has 0 heterocycles. The van der Waals surface area contributed by atoms with Gasteiger partial charge >= 0.3 is 53.4 Å². The zero-order valence-electron chi connectivity index (χ0n) is 4.57. The topological polar surface area (TPSA) is 0 Å². The van der Waals surface area contributed by atoms with Crippen LogP contribution < -0.4 is 24.8 Å². The van der Waals surface area contributed by atoms with Gasteiger partial charge in [0.15, 0.2) is 0 Å². The van der Waals surface area contributed by atoms with Crippen molar-refractivity contribution in [2.24, 2.45) is 0 Å². The minimum Gasteiger partial charge on any atom is -1.00 e. The standard InChI is InChI=1S/C5H7.2ClH.Hf/c1-3-5-4-2;;;/h1,3-5H,2H3;2*1H;/q;;;+2/p-2. The third kappa shape index (κ3) is 15.8. The summed E-state index contributed by atoms with van der Waals surface area (Å²) >= 11 is 1.17. The van der Waals surface area contributed by atoms with Crippen molar-refractivity contribution in [2.75, 3.05) is 0 Å². The van der Waals surface area contributed by atoms with Crippen molar-refractivity contribution in [1.29, 1.82) is 0 Å². The average Bonchev–Trinajstić information content (AvgIpc) is 1.61. The van der Waals surface area contributed by atoms with E-state index in [1.807, 2.05) is 19.1 Å². The first-order valence-electron chi connectivity index (χ1n) is 1.87. The maximum atomic E-state index is 2.14. The van der Waals surface area contributed by atoms with Crippen molar-refractivity contribution in [1.82, 2.24) is 0 Å². The minimum absolute atomic E-state index is 0. The van der Waals surface area contributed by atoms with Gasteiger partial charge < -0.3 is 24.8 Å². The normalized spacial score (nSPS) is 8.88. The number of halogens is 2. The van der Waals surface area contributed by atoms with E-state index in [1.54, 1.807) is 0 Å². The summed E-state index contributed by atoms with van der Waals surface area (Å²) in [6.07, 6.45) is 6.12. The molecule has 0 unspecified atom stereocenters. The summed E-state index contributed by atoms with van der Waals surface area (Å²) in [6.45, 7) is 2.02. The van der Waals surface area contributed by atoms with Gasteiger partial charge in [-0.05, 0) is 0 Å². The maximum Gasteiger partial charge on any atom is -1.00 e. The van der Waals surface area contributed by atoms with E-state index >= 15 is 0 Å². The van der Waals surface area contributed by atoms with Gasteiger partial charge in [-0.25, -0.2) is 0 Å². The summed E-state index contributed by atoms with van der Waals surface area (Å²) in [4.78, 5) is 0. The molecular formula is C5H7Cl2Hf. The van der Waals surface area contributed by atoms with Gasteiger partial charge in [0.05, 0.1) is 0 Å². The fourth-order valence-corrected chi connectivity index (χ4v) is 0.566. The average molecular weight is 317 g/mol. The molecule has 0 aliphatic carbocycles. The Balaban J connectivity index is -0.000000125. The third-order valence-corrected chi connectivity index (χ3v) is 1.09. The van der Waals surface area contributed by atoms with E-state index in [-0.39, 0.29) is 24.8 Å². The van der Waals surface area contributed by atoms with Crippen molar-refractivity contribution in [3.8, 4) is 0 Å². The summed E-state index contributed by atoms with van der Waals surface area (Å²) in [5.74, 6) is 0. The van der Waals surface area contributed by atoms with Crippen molar-refractivity contribution < 1.29 is 49.2 Å². The molecule has 0 nitrogen and oxygen atoms in total. The van der Waals surface area contributed by atoms with Gasteiger partial charge in [-0.1, -0.05) is 0 Å². The van der Waals surface area contributed by atoms with Crippen molar-refractivity contribution >= 4 is 0 Å². The van der Waals surface area contributed by atoms with Crippen LogP contribution in [0.5, 0.6) is 0 Å². The van der Waals surface area contributed by atoms with Crippen LogP contribution in [0.25, 0.3) is 0 Å². The van der Waals surface area contributed by atoms with Crippen LogP contribution >= 0.6 is 0 Å². The second kappa shape index (κ2) is 15.7. The second-order valence-corrected chi connectivity index (χ2v) is 2.08. The molecule has 0 radical (unpaired) electrons. The number of rotatable bonds is 1. The first-order valence-corrected chi connectivity index (χ1v) is 3.94. The summed E-state index contributed by atoms with van der Waals surface area (Å²) in [5.41, 5.74) is 0. The SMILES string of the molecule is CC=CC=[CH][Hf+2].[Cl-].[Cl-]. The van der Waals surface area contributed by atoms with Crippen LogP contribution in [0.3, 0.4) is 0 Å². The van der Waals surface area contributed by atoms with Crippen LogP contribution in [-0.2, 0) is 24.4 Å². The molecule has 45 valence electrons. The van der Waals surface area contributed by atoms with Gasteiger partial charge in [-0.2, -0.15) is 0 Å². The first kappa shape index (κ1) is 16.0. The Morgan fingerprint density at radius 1 is 1.12 bits per heavy atom. The van der Waals surface area contributed by atoms with Crippen LogP contribution in [0.4, 0.5) is 0 Å². The largest absolute Gasteiger partial charge is 1.00 e. The Morgan fingerprint density at radius 3 is 1.75 bits per heavy atom. The molecule has 0 aliphatic heterocycles. The maximum absolute atomic E-state index is 2.14. The smallest absolute Gasteiger partial charge is 1.00 e. The molecule has 0 aromatic rings. The molecule has 0 fully saturated rings. The van der Waals surface area contributed by atoms with E-state index in [0.717, 1.165) is 0 Å². The summed E-state index contributed by atoms with van der Waals surface area (Å²) in [5, 5.41) is 0. The Kier molecular flexibility index (Phi) is 31.3. The van der Waals surface area contributed by atoms with E-state index in [4.69, 9.17) is 0 Å². The first-order chi connectivity index (χ1) is 2.91. The van der Waals surface area contributed by atoms with Crippen LogP contribution in [0, 0.1) is 0 Å². The third-order valence-electron chi connectivity index (χ3n) is 0.400. The fraction of sp³-hybridized carbons (Fsp3) is 0.200. The van der Waals surface area contributed by atoms with Crippen LogP contribution in [0.2, 0.25) is 0 Å². The minimum atomic E-state index is 0. The molecule has 3 heteroatoms. The van der Waals surface area contributed by atoms with E-state index < -0.39 is 0 Å². The van der Waals surface area contributed by atoms with Gasteiger partial charge in [0.25, 0.3) is 0 Å². The molecule has 0 saturated carbocycles. The van der Waals surface area contributed by atoms with Gasteiger partial charge in [-0.3, -0.25) is 0 Å². The Hall–Kier alpha value is 0.930. The second-order valence-electron chi connectivity index (χ2n) is 0.885. The molecule has 0 amide bonds.